The summed E-state index contributed by atoms with van der Waals surface area (Å²) in [6, 6.07) is 7.43. The average molecular weight is 275 g/mol. The quantitative estimate of drug-likeness (QED) is 0.836. The van der Waals surface area contributed by atoms with Crippen molar-refractivity contribution in [3.63, 3.8) is 0 Å². The van der Waals surface area contributed by atoms with Crippen LogP contribution in [0.2, 0.25) is 0 Å². The zero-order chi connectivity index (χ0) is 13.7. The number of anilines is 1. The van der Waals surface area contributed by atoms with E-state index >= 15 is 0 Å². The maximum absolute atomic E-state index is 10.9. The third kappa shape index (κ3) is 4.04. The lowest BCUT2D eigenvalue weighted by molar-refractivity contribution is -0.114. The van der Waals surface area contributed by atoms with Gasteiger partial charge >= 0.3 is 0 Å². The number of nitrogens with zero attached hydrogens (tertiary/aromatic N) is 2. The molecule has 2 N–H and O–H groups in total. The van der Waals surface area contributed by atoms with Crippen LogP contribution in [-0.4, -0.2) is 21.0 Å². The van der Waals surface area contributed by atoms with Gasteiger partial charge in [0.05, 0.1) is 6.61 Å². The molecule has 0 spiro atoms. The van der Waals surface area contributed by atoms with Gasteiger partial charge in [-0.3, -0.25) is 4.79 Å². The molecule has 1 aromatic heterocycles. The standard InChI is InChI=1S/C13H13N3O2S/c1-9(18)16-11-2-4-12(5-3-11)19-13-14-6-10(8-17)7-15-13/h2-7,17H,8H2,1H3,(H,16,18). The van der Waals surface area contributed by atoms with E-state index in [9.17, 15) is 4.79 Å². The molecule has 0 bridgehead atoms. The third-order valence-electron chi connectivity index (χ3n) is 2.25. The number of carbonyl (C=O) groups excluding carboxylic acids is 1. The molecule has 5 nitrogen and oxygen atoms in total. The van der Waals surface area contributed by atoms with Crippen LogP contribution in [0.4, 0.5) is 5.69 Å². The second-order valence-corrected chi connectivity index (χ2v) is 4.88. The van der Waals surface area contributed by atoms with Gasteiger partial charge in [-0.15, -0.1) is 0 Å². The molecule has 0 fully saturated rings. The van der Waals surface area contributed by atoms with Crippen LogP contribution in [0.1, 0.15) is 12.5 Å². The van der Waals surface area contributed by atoms with E-state index in [4.69, 9.17) is 5.11 Å². The summed E-state index contributed by atoms with van der Waals surface area (Å²) in [4.78, 5) is 20.1. The molecule has 1 heterocycles. The number of carbonyl (C=O) groups is 1. The Hall–Kier alpha value is -1.92. The monoisotopic (exact) mass is 275 g/mol. The minimum atomic E-state index is -0.0941. The van der Waals surface area contributed by atoms with Crippen LogP contribution in [0, 0.1) is 0 Å². The second kappa shape index (κ2) is 6.31. The van der Waals surface area contributed by atoms with Crippen LogP contribution >= 0.6 is 11.8 Å². The van der Waals surface area contributed by atoms with Crippen molar-refractivity contribution >= 4 is 23.4 Å². The largest absolute Gasteiger partial charge is 0.392 e. The predicted molar refractivity (Wildman–Crippen MR) is 72.8 cm³/mol. The molecular weight excluding hydrogens is 262 g/mol. The zero-order valence-electron chi connectivity index (χ0n) is 10.3. The molecular formula is C13H13N3O2S. The number of hydrogen-bond acceptors (Lipinski definition) is 5. The van der Waals surface area contributed by atoms with Gasteiger partial charge in [0.2, 0.25) is 5.91 Å². The molecule has 19 heavy (non-hydrogen) atoms. The van der Waals surface area contributed by atoms with Crippen LogP contribution < -0.4 is 5.32 Å². The summed E-state index contributed by atoms with van der Waals surface area (Å²) in [5, 5.41) is 12.2. The highest BCUT2D eigenvalue weighted by atomic mass is 32.2. The van der Waals surface area contributed by atoms with Gasteiger partial charge in [0.1, 0.15) is 0 Å². The Morgan fingerprint density at radius 2 is 1.89 bits per heavy atom. The number of nitrogens with one attached hydrogen (secondary N) is 1. The summed E-state index contributed by atoms with van der Waals surface area (Å²) in [6.45, 7) is 1.41. The lowest BCUT2D eigenvalue weighted by Crippen LogP contribution is -2.05. The van der Waals surface area contributed by atoms with Crippen molar-refractivity contribution in [3.05, 3.63) is 42.2 Å². The highest BCUT2D eigenvalue weighted by Gasteiger charge is 2.02. The number of aliphatic hydroxyl groups is 1. The molecule has 0 aliphatic carbocycles. The van der Waals surface area contributed by atoms with Crippen LogP contribution in [0.5, 0.6) is 0 Å². The molecule has 6 heteroatoms. The first-order chi connectivity index (χ1) is 9.17. The van der Waals surface area contributed by atoms with Crippen molar-refractivity contribution in [2.75, 3.05) is 5.32 Å². The SMILES string of the molecule is CC(=O)Nc1ccc(Sc2ncc(CO)cn2)cc1. The Morgan fingerprint density at radius 3 is 2.42 bits per heavy atom. The van der Waals surface area contributed by atoms with Crippen LogP contribution in [0.15, 0.2) is 46.7 Å². The maximum Gasteiger partial charge on any atom is 0.221 e. The first-order valence-corrected chi connectivity index (χ1v) is 6.46. The Kier molecular flexibility index (Phi) is 4.48. The Balaban J connectivity index is 2.04. The van der Waals surface area contributed by atoms with Crippen molar-refractivity contribution in [1.82, 2.24) is 9.97 Å². The number of amides is 1. The molecule has 0 saturated carbocycles. The van der Waals surface area contributed by atoms with Crippen LogP contribution in [0.3, 0.4) is 0 Å². The van der Waals surface area contributed by atoms with E-state index in [1.807, 2.05) is 24.3 Å². The molecule has 2 rings (SSSR count). The van der Waals surface area contributed by atoms with E-state index < -0.39 is 0 Å². The van der Waals surface area contributed by atoms with Crippen molar-refractivity contribution in [2.24, 2.45) is 0 Å². The molecule has 1 aromatic carbocycles. The summed E-state index contributed by atoms with van der Waals surface area (Å²) >= 11 is 1.42. The van der Waals surface area contributed by atoms with Gasteiger partial charge in [-0.2, -0.15) is 0 Å². The molecule has 0 aliphatic rings. The molecule has 0 saturated heterocycles. The molecule has 98 valence electrons. The van der Waals surface area contributed by atoms with E-state index in [0.717, 1.165) is 10.6 Å². The molecule has 0 atom stereocenters. The van der Waals surface area contributed by atoms with E-state index in [1.54, 1.807) is 12.4 Å². The minimum Gasteiger partial charge on any atom is -0.392 e. The Labute approximate surface area is 115 Å². The highest BCUT2D eigenvalue weighted by Crippen LogP contribution is 2.25. The van der Waals surface area contributed by atoms with Gasteiger partial charge in [-0.25, -0.2) is 9.97 Å². The number of aliphatic hydroxyl groups excluding tert-OH is 1. The van der Waals surface area contributed by atoms with E-state index in [2.05, 4.69) is 15.3 Å². The molecule has 0 aliphatic heterocycles. The number of benzene rings is 1. The van der Waals surface area contributed by atoms with Crippen molar-refractivity contribution in [2.45, 2.75) is 23.6 Å². The second-order valence-electron chi connectivity index (χ2n) is 3.84. The summed E-state index contributed by atoms with van der Waals surface area (Å²) in [5.41, 5.74) is 1.44. The fraction of sp³-hybridized carbons (Fsp3) is 0.154. The van der Waals surface area contributed by atoms with Crippen molar-refractivity contribution < 1.29 is 9.90 Å². The van der Waals surface area contributed by atoms with E-state index in [-0.39, 0.29) is 12.5 Å². The number of rotatable bonds is 4. The van der Waals surface area contributed by atoms with Gasteiger partial charge < -0.3 is 10.4 Å². The Morgan fingerprint density at radius 1 is 1.26 bits per heavy atom. The summed E-state index contributed by atoms with van der Waals surface area (Å²) in [6.07, 6.45) is 3.20. The first-order valence-electron chi connectivity index (χ1n) is 5.64. The summed E-state index contributed by atoms with van der Waals surface area (Å²) in [5.74, 6) is -0.0941. The maximum atomic E-state index is 10.9. The van der Waals surface area contributed by atoms with Gasteiger partial charge in [0.15, 0.2) is 5.16 Å². The lowest BCUT2D eigenvalue weighted by Gasteiger charge is -2.04. The van der Waals surface area contributed by atoms with Crippen LogP contribution in [-0.2, 0) is 11.4 Å². The number of hydrogen-bond donors (Lipinski definition) is 2. The molecule has 0 radical (unpaired) electrons. The molecule has 0 unspecified atom stereocenters. The smallest absolute Gasteiger partial charge is 0.221 e. The predicted octanol–water partition coefficient (Wildman–Crippen LogP) is 2.08. The highest BCUT2D eigenvalue weighted by molar-refractivity contribution is 7.99. The van der Waals surface area contributed by atoms with Gasteiger partial charge in [0.25, 0.3) is 0 Å². The molecule has 1 amide bonds. The van der Waals surface area contributed by atoms with Crippen LogP contribution in [0.25, 0.3) is 0 Å². The Bertz CT molecular complexity index is 555. The number of aromatic nitrogens is 2. The first kappa shape index (κ1) is 13.5. The van der Waals surface area contributed by atoms with Gasteiger partial charge in [-0.1, -0.05) is 0 Å². The van der Waals surface area contributed by atoms with Gasteiger partial charge in [0, 0.05) is 35.5 Å². The van der Waals surface area contributed by atoms with Crippen molar-refractivity contribution in [1.29, 1.82) is 0 Å². The summed E-state index contributed by atoms with van der Waals surface area (Å²) in [7, 11) is 0. The van der Waals surface area contributed by atoms with E-state index in [1.165, 1.54) is 18.7 Å². The zero-order valence-corrected chi connectivity index (χ0v) is 11.1. The molecule has 2 aromatic rings. The topological polar surface area (TPSA) is 75.1 Å². The normalized spacial score (nSPS) is 10.2. The fourth-order valence-corrected chi connectivity index (χ4v) is 2.09. The third-order valence-corrected chi connectivity index (χ3v) is 3.15. The summed E-state index contributed by atoms with van der Waals surface area (Å²) < 4.78 is 0. The average Bonchev–Trinajstić information content (AvgIpc) is 2.41. The minimum absolute atomic E-state index is 0.0592. The van der Waals surface area contributed by atoms with E-state index in [0.29, 0.717) is 10.7 Å². The van der Waals surface area contributed by atoms with Gasteiger partial charge in [-0.05, 0) is 36.0 Å². The van der Waals surface area contributed by atoms with Crippen molar-refractivity contribution in [3.8, 4) is 0 Å². The lowest BCUT2D eigenvalue weighted by atomic mass is 10.3. The fourth-order valence-electron chi connectivity index (χ4n) is 1.39.